The van der Waals surface area contributed by atoms with Crippen molar-refractivity contribution >= 4 is 39.5 Å². The van der Waals surface area contributed by atoms with E-state index in [9.17, 15) is 22.8 Å². The van der Waals surface area contributed by atoms with Gasteiger partial charge in [0.05, 0.1) is 9.88 Å². The molecule has 0 spiro atoms. The smallest absolute Gasteiger partial charge is 0.435 e. The zero-order valence-electron chi connectivity index (χ0n) is 20.4. The Hall–Kier alpha value is -3.29. The first-order valence-corrected chi connectivity index (χ1v) is 13.5. The number of nitrogens with zero attached hydrogens (tertiary/aromatic N) is 4. The number of carboxylic acids is 1. The van der Waals surface area contributed by atoms with Crippen molar-refractivity contribution in [3.05, 3.63) is 63.5 Å². The van der Waals surface area contributed by atoms with Crippen LogP contribution in [-0.2, 0) is 6.18 Å². The van der Waals surface area contributed by atoms with Crippen LogP contribution in [0.1, 0.15) is 50.1 Å². The predicted octanol–water partition coefficient (Wildman–Crippen LogP) is 5.10. The zero-order valence-corrected chi connectivity index (χ0v) is 22.0. The van der Waals surface area contributed by atoms with E-state index in [4.69, 9.17) is 10.8 Å². The van der Waals surface area contributed by atoms with E-state index < -0.39 is 23.5 Å². The van der Waals surface area contributed by atoms with Crippen molar-refractivity contribution in [2.75, 3.05) is 6.54 Å². The van der Waals surface area contributed by atoms with Gasteiger partial charge in [-0.3, -0.25) is 9.20 Å². The average Bonchev–Trinajstić information content (AvgIpc) is 3.25. The number of carbonyl (C=O) groups is 2. The van der Waals surface area contributed by atoms with Crippen LogP contribution < -0.4 is 5.73 Å². The van der Waals surface area contributed by atoms with E-state index in [1.807, 2.05) is 17.9 Å². The summed E-state index contributed by atoms with van der Waals surface area (Å²) in [5, 5.41) is 11.1. The van der Waals surface area contributed by atoms with Crippen molar-refractivity contribution in [2.24, 2.45) is 11.7 Å². The van der Waals surface area contributed by atoms with Gasteiger partial charge in [-0.2, -0.15) is 13.2 Å². The molecular weight excluding hydrogens is 539 g/mol. The molecule has 4 heterocycles. The van der Waals surface area contributed by atoms with Gasteiger partial charge in [0, 0.05) is 30.2 Å². The SMILES string of the molecule is Cc1cccc(-c2sc(C)nc2C(=O)N2[C@H](CN)C[C@@H]3C[C@@H]32)c1.O=C(O)c1c(C(F)(F)F)nc2sccn12. The second-order valence-electron chi connectivity index (χ2n) is 9.35. The van der Waals surface area contributed by atoms with Crippen LogP contribution in [0.2, 0.25) is 0 Å². The molecule has 13 heteroatoms. The molecule has 1 aliphatic heterocycles. The first-order chi connectivity index (χ1) is 18.0. The second-order valence-corrected chi connectivity index (χ2v) is 11.4. The lowest BCUT2D eigenvalue weighted by Gasteiger charge is -2.26. The minimum atomic E-state index is -4.75. The highest BCUT2D eigenvalue weighted by Gasteiger charge is 2.54. The number of hydrogen-bond acceptors (Lipinski definition) is 7. The van der Waals surface area contributed by atoms with Gasteiger partial charge in [0.25, 0.3) is 5.91 Å². The van der Waals surface area contributed by atoms with Crippen molar-refractivity contribution in [1.29, 1.82) is 0 Å². The normalized spacial score (nSPS) is 20.3. The van der Waals surface area contributed by atoms with Crippen molar-refractivity contribution in [2.45, 2.75) is 44.9 Å². The van der Waals surface area contributed by atoms with Crippen molar-refractivity contribution in [3.8, 4) is 10.4 Å². The van der Waals surface area contributed by atoms with Gasteiger partial charge in [0.15, 0.2) is 16.3 Å². The molecule has 1 saturated heterocycles. The molecule has 1 aromatic carbocycles. The van der Waals surface area contributed by atoms with Gasteiger partial charge in [-0.15, -0.1) is 22.7 Å². The lowest BCUT2D eigenvalue weighted by Crippen LogP contribution is -2.42. The van der Waals surface area contributed by atoms with E-state index in [1.165, 1.54) is 17.1 Å². The maximum Gasteiger partial charge on any atom is 0.435 e. The molecule has 0 bridgehead atoms. The second kappa shape index (κ2) is 9.79. The van der Waals surface area contributed by atoms with Gasteiger partial charge < -0.3 is 15.7 Å². The fourth-order valence-electron chi connectivity index (χ4n) is 4.95. The fraction of sp³-hybridized carbons (Fsp3) is 0.360. The number of aryl methyl sites for hydroxylation is 2. The maximum atomic E-state index is 13.2. The molecule has 2 fully saturated rings. The summed E-state index contributed by atoms with van der Waals surface area (Å²) in [4.78, 5) is 34.7. The number of halogens is 3. The molecule has 0 unspecified atom stereocenters. The molecule has 0 radical (unpaired) electrons. The summed E-state index contributed by atoms with van der Waals surface area (Å²) < 4.78 is 38.1. The van der Waals surface area contributed by atoms with E-state index in [0.29, 0.717) is 24.2 Å². The Kier molecular flexibility index (Phi) is 6.78. The predicted molar refractivity (Wildman–Crippen MR) is 138 cm³/mol. The van der Waals surface area contributed by atoms with Crippen molar-refractivity contribution in [3.63, 3.8) is 0 Å². The first-order valence-electron chi connectivity index (χ1n) is 11.8. The molecule has 6 rings (SSSR count). The van der Waals surface area contributed by atoms with Gasteiger partial charge >= 0.3 is 12.1 Å². The van der Waals surface area contributed by atoms with Gasteiger partial charge in [-0.1, -0.05) is 29.8 Å². The van der Waals surface area contributed by atoms with Crippen molar-refractivity contribution < 1.29 is 27.9 Å². The summed E-state index contributed by atoms with van der Waals surface area (Å²) in [5.74, 6) is -0.922. The molecular formula is C25H24F3N5O3S2. The third-order valence-corrected chi connectivity index (χ3v) is 8.44. The van der Waals surface area contributed by atoms with E-state index in [-0.39, 0.29) is 16.9 Å². The number of alkyl halides is 3. The number of carboxylic acid groups (broad SMARTS) is 1. The quantitative estimate of drug-likeness (QED) is 0.357. The van der Waals surface area contributed by atoms with E-state index >= 15 is 0 Å². The molecule has 1 amide bonds. The summed E-state index contributed by atoms with van der Waals surface area (Å²) in [6.07, 6.45) is -1.33. The monoisotopic (exact) mass is 563 g/mol. The standard InChI is InChI=1S/C18H21N3OS.C7H3F3N2O2S/c1-10-4-3-5-12(6-10)17-16(20-11(2)23-17)18(22)21-14(9-19)7-13-8-15(13)21;8-7(9,10)4-3(5(13)14)12-1-2-15-6(12)11-4/h3-6,13-15H,7-9,19H2,1-2H3;1-2H,(H,13,14)/t13-,14+,15+;/m1./s1. The Morgan fingerprint density at radius 1 is 1.21 bits per heavy atom. The van der Waals surface area contributed by atoms with Crippen LogP contribution in [0.4, 0.5) is 13.2 Å². The highest BCUT2D eigenvalue weighted by molar-refractivity contribution is 7.15. The number of piperidine rings is 1. The Morgan fingerprint density at radius 3 is 2.63 bits per heavy atom. The Balaban J connectivity index is 0.000000170. The molecule has 3 atom stereocenters. The molecule has 200 valence electrons. The summed E-state index contributed by atoms with van der Waals surface area (Å²) in [5.41, 5.74) is 6.55. The van der Waals surface area contributed by atoms with Gasteiger partial charge in [0.1, 0.15) is 5.69 Å². The van der Waals surface area contributed by atoms with E-state index in [1.54, 1.807) is 11.3 Å². The lowest BCUT2D eigenvalue weighted by atomic mass is 10.1. The van der Waals surface area contributed by atoms with E-state index in [2.05, 4.69) is 35.1 Å². The number of nitrogens with two attached hydrogens (primary N) is 1. The van der Waals surface area contributed by atoms with Crippen LogP contribution in [0.3, 0.4) is 0 Å². The minimum Gasteiger partial charge on any atom is -0.476 e. The molecule has 3 aromatic heterocycles. The largest absolute Gasteiger partial charge is 0.476 e. The van der Waals surface area contributed by atoms with Crippen LogP contribution in [0, 0.1) is 19.8 Å². The van der Waals surface area contributed by atoms with Crippen LogP contribution in [0.25, 0.3) is 15.4 Å². The Bertz CT molecular complexity index is 1530. The number of aromatic nitrogens is 3. The number of amides is 1. The molecule has 2 aliphatic rings. The maximum absolute atomic E-state index is 13.2. The highest BCUT2D eigenvalue weighted by Crippen LogP contribution is 2.48. The first kappa shape index (κ1) is 26.3. The number of hydrogen-bond donors (Lipinski definition) is 2. The molecule has 1 saturated carbocycles. The number of benzene rings is 1. The number of imidazole rings is 1. The topological polar surface area (TPSA) is 114 Å². The summed E-state index contributed by atoms with van der Waals surface area (Å²) in [6.45, 7) is 4.57. The number of aromatic carboxylic acids is 1. The third kappa shape index (κ3) is 4.81. The molecule has 3 N–H and O–H groups in total. The van der Waals surface area contributed by atoms with Crippen molar-refractivity contribution in [1.82, 2.24) is 19.3 Å². The summed E-state index contributed by atoms with van der Waals surface area (Å²) in [7, 11) is 0. The third-order valence-electron chi connectivity index (χ3n) is 6.67. The van der Waals surface area contributed by atoms with Crippen LogP contribution >= 0.6 is 22.7 Å². The van der Waals surface area contributed by atoms with E-state index in [0.717, 1.165) is 44.0 Å². The number of carbonyl (C=O) groups excluding carboxylic acids is 1. The lowest BCUT2D eigenvalue weighted by molar-refractivity contribution is -0.141. The molecule has 4 aromatic rings. The Labute approximate surface area is 223 Å². The molecule has 38 heavy (non-hydrogen) atoms. The summed E-state index contributed by atoms with van der Waals surface area (Å²) >= 11 is 2.54. The molecule has 1 aliphatic carbocycles. The minimum absolute atomic E-state index is 0.0136. The number of thiazole rings is 2. The number of rotatable bonds is 4. The van der Waals surface area contributed by atoms with Gasteiger partial charge in [-0.25, -0.2) is 14.8 Å². The number of likely N-dealkylation sites (tertiary alicyclic amines) is 1. The highest BCUT2D eigenvalue weighted by atomic mass is 32.1. The van der Waals surface area contributed by atoms with Gasteiger partial charge in [0.2, 0.25) is 0 Å². The van der Waals surface area contributed by atoms with Crippen LogP contribution in [-0.4, -0.2) is 54.9 Å². The number of fused-ring (bicyclic) bond motifs is 2. The van der Waals surface area contributed by atoms with Crippen LogP contribution in [0.5, 0.6) is 0 Å². The molecule has 8 nitrogen and oxygen atoms in total. The zero-order chi connectivity index (χ0) is 27.4. The summed E-state index contributed by atoms with van der Waals surface area (Å²) in [6, 6.07) is 8.85. The Morgan fingerprint density at radius 2 is 1.97 bits per heavy atom. The fourth-order valence-corrected chi connectivity index (χ4v) is 6.57. The average molecular weight is 564 g/mol. The van der Waals surface area contributed by atoms with Crippen LogP contribution in [0.15, 0.2) is 35.8 Å². The van der Waals surface area contributed by atoms with Gasteiger partial charge in [-0.05, 0) is 38.2 Å².